The highest BCUT2D eigenvalue weighted by Crippen LogP contribution is 2.42. The summed E-state index contributed by atoms with van der Waals surface area (Å²) in [7, 11) is 0. The number of amides is 1. The molecule has 0 radical (unpaired) electrons. The van der Waals surface area contributed by atoms with Crippen LogP contribution in [0.1, 0.15) is 23.6 Å². The Morgan fingerprint density at radius 2 is 1.73 bits per heavy atom. The molecule has 0 saturated carbocycles. The predicted octanol–water partition coefficient (Wildman–Crippen LogP) is 3.10. The third-order valence-electron chi connectivity index (χ3n) is 5.19. The van der Waals surface area contributed by atoms with E-state index >= 15 is 0 Å². The van der Waals surface area contributed by atoms with Crippen LogP contribution in [0, 0.1) is 0 Å². The van der Waals surface area contributed by atoms with Crippen LogP contribution >= 0.6 is 0 Å². The topological polar surface area (TPSA) is 95.7 Å². The number of aromatic nitrogens is 2. The molecule has 2 heterocycles. The lowest BCUT2D eigenvalue weighted by Gasteiger charge is -2.26. The summed E-state index contributed by atoms with van der Waals surface area (Å²) in [5.41, 5.74) is 0.821. The smallest absolute Gasteiger partial charge is 0.295 e. The third-order valence-corrected chi connectivity index (χ3v) is 5.19. The highest BCUT2D eigenvalue weighted by molar-refractivity contribution is 6.46. The molecule has 7 nitrogen and oxygen atoms in total. The lowest BCUT2D eigenvalue weighted by Crippen LogP contribution is -2.31. The molecule has 1 fully saturated rings. The van der Waals surface area contributed by atoms with Gasteiger partial charge in [0, 0.05) is 36.6 Å². The monoisotopic (exact) mass is 403 g/mol. The van der Waals surface area contributed by atoms with E-state index in [0.717, 1.165) is 0 Å². The minimum atomic E-state index is -0.866. The number of rotatable bonds is 6. The first kappa shape index (κ1) is 19.4. The van der Waals surface area contributed by atoms with Gasteiger partial charge < -0.3 is 19.7 Å². The predicted molar refractivity (Wildman–Crippen MR) is 110 cm³/mol. The molecule has 3 aromatic rings. The van der Waals surface area contributed by atoms with Crippen molar-refractivity contribution in [3.63, 3.8) is 0 Å². The van der Waals surface area contributed by atoms with Crippen LogP contribution in [0.4, 0.5) is 0 Å². The van der Waals surface area contributed by atoms with Crippen LogP contribution in [0.2, 0.25) is 0 Å². The number of imidazole rings is 1. The van der Waals surface area contributed by atoms with E-state index in [-0.39, 0.29) is 23.6 Å². The molecule has 2 N–H and O–H groups in total. The molecule has 1 amide bonds. The second-order valence-corrected chi connectivity index (χ2v) is 7.07. The van der Waals surface area contributed by atoms with Crippen molar-refractivity contribution >= 4 is 17.4 Å². The minimum absolute atomic E-state index is 0.0182. The first-order chi connectivity index (χ1) is 14.6. The van der Waals surface area contributed by atoms with E-state index < -0.39 is 17.7 Å². The molecule has 1 atom stereocenters. The Kier molecular flexibility index (Phi) is 5.34. The van der Waals surface area contributed by atoms with Crippen molar-refractivity contribution in [3.05, 3.63) is 90.0 Å². The summed E-state index contributed by atoms with van der Waals surface area (Å²) < 4.78 is 1.88. The molecule has 1 aromatic heterocycles. The summed E-state index contributed by atoms with van der Waals surface area (Å²) in [5.74, 6) is -1.74. The number of carbonyl (C=O) groups excluding carboxylic acids is 2. The third kappa shape index (κ3) is 3.57. The van der Waals surface area contributed by atoms with Crippen molar-refractivity contribution in [3.8, 4) is 5.75 Å². The number of Topliss-reactive ketones (excluding diaryl/α,β-unsaturated/α-hetero) is 1. The van der Waals surface area contributed by atoms with Gasteiger partial charge in [-0.05, 0) is 12.5 Å². The number of hydrogen-bond donors (Lipinski definition) is 2. The SMILES string of the molecule is O=C1C(=O)N(CCCn2ccnc2)C(c2ccccc2O)/C1=C(\O)c1ccccc1. The summed E-state index contributed by atoms with van der Waals surface area (Å²) in [4.78, 5) is 31.2. The first-order valence-electron chi connectivity index (χ1n) is 9.65. The van der Waals surface area contributed by atoms with E-state index in [1.165, 1.54) is 11.0 Å². The number of carbonyl (C=O) groups is 2. The van der Waals surface area contributed by atoms with Crippen LogP contribution in [0.3, 0.4) is 0 Å². The fourth-order valence-corrected chi connectivity index (χ4v) is 3.75. The zero-order valence-corrected chi connectivity index (χ0v) is 16.2. The number of nitrogens with zero attached hydrogens (tertiary/aromatic N) is 3. The largest absolute Gasteiger partial charge is 0.508 e. The van der Waals surface area contributed by atoms with Crippen molar-refractivity contribution < 1.29 is 19.8 Å². The highest BCUT2D eigenvalue weighted by Gasteiger charge is 2.46. The van der Waals surface area contributed by atoms with Crippen LogP contribution in [0.25, 0.3) is 5.76 Å². The average molecular weight is 403 g/mol. The number of aryl methyl sites for hydroxylation is 1. The van der Waals surface area contributed by atoms with E-state index in [2.05, 4.69) is 4.98 Å². The number of hydrogen-bond acceptors (Lipinski definition) is 5. The Balaban J connectivity index is 1.74. The summed E-state index contributed by atoms with van der Waals surface area (Å²) in [6.07, 6.45) is 5.76. The van der Waals surface area contributed by atoms with Crippen LogP contribution in [-0.4, -0.2) is 42.9 Å². The molecule has 152 valence electrons. The Morgan fingerprint density at radius 3 is 2.43 bits per heavy atom. The number of phenolic OH excluding ortho intramolecular Hbond substituents is 1. The second-order valence-electron chi connectivity index (χ2n) is 7.07. The van der Waals surface area contributed by atoms with Gasteiger partial charge in [0.15, 0.2) is 0 Å². The second kappa shape index (κ2) is 8.24. The number of likely N-dealkylation sites (tertiary alicyclic amines) is 1. The lowest BCUT2D eigenvalue weighted by atomic mass is 9.94. The lowest BCUT2D eigenvalue weighted by molar-refractivity contribution is -0.140. The standard InChI is InChI=1S/C23H21N3O4/c27-18-10-5-4-9-17(18)20-19(21(28)16-7-2-1-3-8-16)22(29)23(30)26(20)13-6-12-25-14-11-24-15-25/h1-5,7-11,14-15,20,27-28H,6,12-13H2/b21-19+. The number of benzene rings is 2. The van der Waals surface area contributed by atoms with Crippen molar-refractivity contribution in [2.75, 3.05) is 6.54 Å². The van der Waals surface area contributed by atoms with Crippen molar-refractivity contribution in [1.82, 2.24) is 14.5 Å². The normalized spacial score (nSPS) is 18.1. The van der Waals surface area contributed by atoms with Gasteiger partial charge in [0.05, 0.1) is 17.9 Å². The van der Waals surface area contributed by atoms with Crippen LogP contribution in [-0.2, 0) is 16.1 Å². The van der Waals surface area contributed by atoms with Gasteiger partial charge in [0.2, 0.25) is 0 Å². The van der Waals surface area contributed by atoms with E-state index in [1.807, 2.05) is 10.8 Å². The van der Waals surface area contributed by atoms with Crippen LogP contribution in [0.15, 0.2) is 78.9 Å². The average Bonchev–Trinajstić information content (AvgIpc) is 3.37. The fourth-order valence-electron chi connectivity index (χ4n) is 3.75. The van der Waals surface area contributed by atoms with E-state index in [4.69, 9.17) is 0 Å². The van der Waals surface area contributed by atoms with Gasteiger partial charge in [-0.15, -0.1) is 0 Å². The Hall–Kier alpha value is -3.87. The minimum Gasteiger partial charge on any atom is -0.508 e. The molecule has 0 spiro atoms. The van der Waals surface area contributed by atoms with Crippen LogP contribution in [0.5, 0.6) is 5.75 Å². The number of aliphatic hydroxyl groups excluding tert-OH is 1. The number of para-hydroxylation sites is 1. The van der Waals surface area contributed by atoms with Crippen molar-refractivity contribution in [2.24, 2.45) is 0 Å². The summed E-state index contributed by atoms with van der Waals surface area (Å²) in [6, 6.07) is 14.3. The Bertz CT molecular complexity index is 1090. The van der Waals surface area contributed by atoms with Gasteiger partial charge in [-0.2, -0.15) is 0 Å². The maximum atomic E-state index is 12.9. The van der Waals surface area contributed by atoms with E-state index in [0.29, 0.717) is 24.1 Å². The highest BCUT2D eigenvalue weighted by atomic mass is 16.3. The molecule has 0 aliphatic carbocycles. The molecule has 1 aliphatic rings. The van der Waals surface area contributed by atoms with Gasteiger partial charge in [-0.1, -0.05) is 48.5 Å². The number of phenols is 1. The molecule has 4 rings (SSSR count). The van der Waals surface area contributed by atoms with Gasteiger partial charge >= 0.3 is 0 Å². The summed E-state index contributed by atoms with van der Waals surface area (Å²) in [6.45, 7) is 0.905. The zero-order valence-electron chi connectivity index (χ0n) is 16.2. The van der Waals surface area contributed by atoms with E-state index in [1.54, 1.807) is 61.1 Å². The van der Waals surface area contributed by atoms with Gasteiger partial charge in [-0.3, -0.25) is 9.59 Å². The molecular weight excluding hydrogens is 382 g/mol. The molecule has 0 bridgehead atoms. The number of aliphatic hydroxyl groups is 1. The zero-order chi connectivity index (χ0) is 21.1. The fraction of sp³-hybridized carbons (Fsp3) is 0.174. The summed E-state index contributed by atoms with van der Waals surface area (Å²) in [5, 5.41) is 21.4. The molecule has 30 heavy (non-hydrogen) atoms. The molecule has 7 heteroatoms. The molecule has 1 saturated heterocycles. The molecular formula is C23H21N3O4. The number of ketones is 1. The first-order valence-corrected chi connectivity index (χ1v) is 9.65. The Labute approximate surface area is 173 Å². The van der Waals surface area contributed by atoms with Crippen molar-refractivity contribution in [1.29, 1.82) is 0 Å². The van der Waals surface area contributed by atoms with E-state index in [9.17, 15) is 19.8 Å². The number of aromatic hydroxyl groups is 1. The molecule has 1 unspecified atom stereocenters. The maximum Gasteiger partial charge on any atom is 0.295 e. The quantitative estimate of drug-likeness (QED) is 0.375. The molecule has 2 aromatic carbocycles. The van der Waals surface area contributed by atoms with Crippen molar-refractivity contribution in [2.45, 2.75) is 19.0 Å². The molecule has 1 aliphatic heterocycles. The van der Waals surface area contributed by atoms with Gasteiger partial charge in [0.1, 0.15) is 11.5 Å². The maximum absolute atomic E-state index is 12.9. The Morgan fingerprint density at radius 1 is 1.00 bits per heavy atom. The van der Waals surface area contributed by atoms with Crippen LogP contribution < -0.4 is 0 Å². The van der Waals surface area contributed by atoms with Gasteiger partial charge in [0.25, 0.3) is 11.7 Å². The summed E-state index contributed by atoms with van der Waals surface area (Å²) >= 11 is 0. The van der Waals surface area contributed by atoms with Gasteiger partial charge in [-0.25, -0.2) is 4.98 Å².